The number of nitrogens with one attached hydrogen (secondary N) is 1. The van der Waals surface area contributed by atoms with Gasteiger partial charge in [0.2, 0.25) is 0 Å². The average molecular weight is 354 g/mol. The fraction of sp³-hybridized carbons (Fsp3) is 0.294. The summed E-state index contributed by atoms with van der Waals surface area (Å²) in [6.45, 7) is 4.48. The van der Waals surface area contributed by atoms with E-state index in [0.29, 0.717) is 15.6 Å². The second-order valence-electron chi connectivity index (χ2n) is 5.04. The minimum atomic E-state index is -0.363. The van der Waals surface area contributed by atoms with Crippen LogP contribution < -0.4 is 5.32 Å². The van der Waals surface area contributed by atoms with Crippen LogP contribution in [0.2, 0.25) is 0 Å². The van der Waals surface area contributed by atoms with Crippen molar-refractivity contribution in [2.24, 2.45) is 0 Å². The van der Waals surface area contributed by atoms with E-state index in [2.05, 4.69) is 21.2 Å². The largest absolute Gasteiger partial charge is 0.306 e. The zero-order valence-electron chi connectivity index (χ0n) is 12.1. The van der Waals surface area contributed by atoms with Crippen LogP contribution in [0.25, 0.3) is 0 Å². The van der Waals surface area contributed by atoms with Crippen LogP contribution in [0.4, 0.5) is 8.78 Å². The Hall–Kier alpha value is -1.26. The van der Waals surface area contributed by atoms with Crippen molar-refractivity contribution in [2.75, 3.05) is 6.54 Å². The molecule has 2 rings (SSSR count). The van der Waals surface area contributed by atoms with Crippen LogP contribution in [-0.2, 0) is 0 Å². The first-order chi connectivity index (χ1) is 10.0. The fourth-order valence-electron chi connectivity index (χ4n) is 2.23. The van der Waals surface area contributed by atoms with Gasteiger partial charge in [-0.25, -0.2) is 8.78 Å². The van der Waals surface area contributed by atoms with Crippen molar-refractivity contribution in [1.82, 2.24) is 5.32 Å². The normalized spacial score (nSPS) is 12.4. The summed E-state index contributed by atoms with van der Waals surface area (Å²) in [5.74, 6) is -0.585. The predicted molar refractivity (Wildman–Crippen MR) is 85.4 cm³/mol. The van der Waals surface area contributed by atoms with Crippen molar-refractivity contribution in [1.29, 1.82) is 0 Å². The van der Waals surface area contributed by atoms with E-state index in [1.54, 1.807) is 31.2 Å². The number of aryl methyl sites for hydroxylation is 1. The van der Waals surface area contributed by atoms with Crippen molar-refractivity contribution in [3.63, 3.8) is 0 Å². The molecule has 2 aromatic carbocycles. The van der Waals surface area contributed by atoms with E-state index in [1.807, 2.05) is 13.0 Å². The minimum Gasteiger partial charge on any atom is -0.306 e. The lowest BCUT2D eigenvalue weighted by atomic mass is 9.97. The third-order valence-electron chi connectivity index (χ3n) is 3.42. The van der Waals surface area contributed by atoms with Crippen LogP contribution in [-0.4, -0.2) is 6.54 Å². The van der Waals surface area contributed by atoms with E-state index >= 15 is 0 Å². The number of benzene rings is 2. The van der Waals surface area contributed by atoms with Gasteiger partial charge in [-0.2, -0.15) is 0 Å². The van der Waals surface area contributed by atoms with Crippen molar-refractivity contribution < 1.29 is 8.78 Å². The van der Waals surface area contributed by atoms with Crippen molar-refractivity contribution in [3.05, 3.63) is 69.2 Å². The van der Waals surface area contributed by atoms with Gasteiger partial charge in [0.25, 0.3) is 0 Å². The highest BCUT2D eigenvalue weighted by Gasteiger charge is 2.19. The van der Waals surface area contributed by atoms with Crippen LogP contribution >= 0.6 is 15.9 Å². The van der Waals surface area contributed by atoms with E-state index in [-0.39, 0.29) is 17.7 Å². The average Bonchev–Trinajstić information content (AvgIpc) is 2.47. The van der Waals surface area contributed by atoms with E-state index < -0.39 is 0 Å². The molecule has 0 radical (unpaired) electrons. The van der Waals surface area contributed by atoms with Gasteiger partial charge in [-0.3, -0.25) is 0 Å². The fourth-order valence-corrected chi connectivity index (χ4v) is 2.61. The predicted octanol–water partition coefficient (Wildman–Crippen LogP) is 5.12. The summed E-state index contributed by atoms with van der Waals surface area (Å²) in [7, 11) is 0. The second kappa shape index (κ2) is 7.14. The first-order valence-corrected chi connectivity index (χ1v) is 7.77. The maximum Gasteiger partial charge on any atom is 0.142 e. The van der Waals surface area contributed by atoms with Gasteiger partial charge in [0.15, 0.2) is 0 Å². The molecule has 2 aromatic rings. The molecule has 21 heavy (non-hydrogen) atoms. The monoisotopic (exact) mass is 353 g/mol. The molecule has 0 bridgehead atoms. The van der Waals surface area contributed by atoms with Gasteiger partial charge >= 0.3 is 0 Å². The molecule has 0 fully saturated rings. The number of hydrogen-bond acceptors (Lipinski definition) is 1. The summed E-state index contributed by atoms with van der Waals surface area (Å²) in [6, 6.07) is 9.85. The Morgan fingerprint density at radius 2 is 1.95 bits per heavy atom. The summed E-state index contributed by atoms with van der Waals surface area (Å²) in [5, 5.41) is 3.29. The standard InChI is InChI=1S/C17H18BrF2N/c1-3-9-21-17(12-8-7-11(2)15(19)10-12)13-5-4-6-14(18)16(13)20/h4-8,10,17,21H,3,9H2,1-2H3. The summed E-state index contributed by atoms with van der Waals surface area (Å²) in [6.07, 6.45) is 0.917. The highest BCUT2D eigenvalue weighted by Crippen LogP contribution is 2.29. The summed E-state index contributed by atoms with van der Waals surface area (Å²) < 4.78 is 28.6. The molecule has 4 heteroatoms. The Bertz CT molecular complexity index is 628. The van der Waals surface area contributed by atoms with Crippen LogP contribution in [0.1, 0.15) is 36.1 Å². The van der Waals surface area contributed by atoms with E-state index in [4.69, 9.17) is 0 Å². The van der Waals surface area contributed by atoms with Crippen LogP contribution in [0, 0.1) is 18.6 Å². The van der Waals surface area contributed by atoms with E-state index in [9.17, 15) is 8.78 Å². The summed E-state index contributed by atoms with van der Waals surface area (Å²) in [5.41, 5.74) is 1.83. The Kier molecular flexibility index (Phi) is 5.48. The molecule has 0 spiro atoms. The quantitative estimate of drug-likeness (QED) is 0.785. The van der Waals surface area contributed by atoms with Crippen LogP contribution in [0.5, 0.6) is 0 Å². The van der Waals surface area contributed by atoms with Gasteiger partial charge in [0, 0.05) is 5.56 Å². The molecule has 1 N–H and O–H groups in total. The highest BCUT2D eigenvalue weighted by molar-refractivity contribution is 9.10. The molecule has 0 amide bonds. The molecule has 0 saturated heterocycles. The zero-order chi connectivity index (χ0) is 15.4. The van der Waals surface area contributed by atoms with Crippen molar-refractivity contribution in [3.8, 4) is 0 Å². The number of hydrogen-bond donors (Lipinski definition) is 1. The molecule has 1 nitrogen and oxygen atoms in total. The lowest BCUT2D eigenvalue weighted by Gasteiger charge is -2.21. The molecular formula is C17H18BrF2N. The first-order valence-electron chi connectivity index (χ1n) is 6.98. The number of halogens is 3. The van der Waals surface area contributed by atoms with Crippen LogP contribution in [0.15, 0.2) is 40.9 Å². The summed E-state index contributed by atoms with van der Waals surface area (Å²) >= 11 is 3.20. The number of rotatable bonds is 5. The molecular weight excluding hydrogens is 336 g/mol. The molecule has 0 aliphatic carbocycles. The third kappa shape index (κ3) is 3.69. The highest BCUT2D eigenvalue weighted by atomic mass is 79.9. The lowest BCUT2D eigenvalue weighted by Crippen LogP contribution is -2.24. The molecule has 0 heterocycles. The Labute approximate surface area is 132 Å². The Morgan fingerprint density at radius 3 is 2.62 bits per heavy atom. The van der Waals surface area contributed by atoms with Crippen molar-refractivity contribution in [2.45, 2.75) is 26.3 Å². The van der Waals surface area contributed by atoms with Gasteiger partial charge in [0.1, 0.15) is 11.6 Å². The molecule has 112 valence electrons. The van der Waals surface area contributed by atoms with Gasteiger partial charge in [0.05, 0.1) is 10.5 Å². The lowest BCUT2D eigenvalue weighted by molar-refractivity contribution is 0.539. The van der Waals surface area contributed by atoms with E-state index in [1.165, 1.54) is 6.07 Å². The maximum atomic E-state index is 14.4. The molecule has 0 saturated carbocycles. The van der Waals surface area contributed by atoms with Gasteiger partial charge in [-0.15, -0.1) is 0 Å². The van der Waals surface area contributed by atoms with Gasteiger partial charge < -0.3 is 5.32 Å². The molecule has 1 unspecified atom stereocenters. The second-order valence-corrected chi connectivity index (χ2v) is 5.89. The third-order valence-corrected chi connectivity index (χ3v) is 4.03. The Morgan fingerprint density at radius 1 is 1.19 bits per heavy atom. The topological polar surface area (TPSA) is 12.0 Å². The summed E-state index contributed by atoms with van der Waals surface area (Å²) in [4.78, 5) is 0. The minimum absolute atomic E-state index is 0.272. The first kappa shape index (κ1) is 16.1. The zero-order valence-corrected chi connectivity index (χ0v) is 13.7. The Balaban J connectivity index is 2.47. The molecule has 0 aromatic heterocycles. The van der Waals surface area contributed by atoms with Crippen LogP contribution in [0.3, 0.4) is 0 Å². The van der Waals surface area contributed by atoms with E-state index in [0.717, 1.165) is 18.5 Å². The smallest absolute Gasteiger partial charge is 0.142 e. The molecule has 0 aliphatic heterocycles. The molecule has 1 atom stereocenters. The van der Waals surface area contributed by atoms with Gasteiger partial charge in [-0.05, 0) is 59.1 Å². The van der Waals surface area contributed by atoms with Gasteiger partial charge in [-0.1, -0.05) is 31.2 Å². The van der Waals surface area contributed by atoms with Crippen molar-refractivity contribution >= 4 is 15.9 Å². The maximum absolute atomic E-state index is 14.4. The SMILES string of the molecule is CCCNC(c1ccc(C)c(F)c1)c1cccc(Br)c1F. The molecule has 0 aliphatic rings.